The summed E-state index contributed by atoms with van der Waals surface area (Å²) in [6.45, 7) is 3.23. The smallest absolute Gasteiger partial charge is 0.308 e. The van der Waals surface area contributed by atoms with Crippen LogP contribution in [0.25, 0.3) is 0 Å². The predicted octanol–water partition coefficient (Wildman–Crippen LogP) is 0.814. The summed E-state index contributed by atoms with van der Waals surface area (Å²) < 4.78 is 26.8. The molecule has 108 valence electrons. The largest absolute Gasteiger partial charge is 0.481 e. The number of hydrogen-bond acceptors (Lipinski definition) is 5. The van der Waals surface area contributed by atoms with Crippen molar-refractivity contribution in [2.75, 3.05) is 6.61 Å². The van der Waals surface area contributed by atoms with Gasteiger partial charge >= 0.3 is 5.97 Å². The molecule has 1 heterocycles. The molecule has 0 aliphatic carbocycles. The Labute approximate surface area is 116 Å². The van der Waals surface area contributed by atoms with Crippen molar-refractivity contribution in [3.8, 4) is 0 Å². The van der Waals surface area contributed by atoms with Crippen molar-refractivity contribution < 1.29 is 23.4 Å². The number of aliphatic carboxylic acids is 1. The predicted molar refractivity (Wildman–Crippen MR) is 71.8 cm³/mol. The summed E-state index contributed by atoms with van der Waals surface area (Å²) in [7, 11) is -3.69. The summed E-state index contributed by atoms with van der Waals surface area (Å²) in [6.07, 6.45) is 0.0970. The van der Waals surface area contributed by atoms with Gasteiger partial charge in [0.2, 0.25) is 0 Å². The second-order valence-electron chi connectivity index (χ2n) is 4.75. The minimum Gasteiger partial charge on any atom is -0.481 e. The van der Waals surface area contributed by atoms with Crippen molar-refractivity contribution >= 4 is 27.3 Å². The van der Waals surface area contributed by atoms with E-state index in [1.54, 1.807) is 13.8 Å². The van der Waals surface area contributed by atoms with E-state index in [1.165, 1.54) is 12.1 Å². The summed E-state index contributed by atoms with van der Waals surface area (Å²) in [6, 6.07) is 2.88. The third kappa shape index (κ3) is 4.90. The molecule has 0 aliphatic heterocycles. The second-order valence-corrected chi connectivity index (χ2v) is 7.83. The van der Waals surface area contributed by atoms with Crippen molar-refractivity contribution in [3.63, 3.8) is 0 Å². The highest BCUT2D eigenvalue weighted by molar-refractivity contribution is 7.91. The van der Waals surface area contributed by atoms with Crippen molar-refractivity contribution in [1.82, 2.24) is 4.72 Å². The monoisotopic (exact) mass is 307 g/mol. The first kappa shape index (κ1) is 16.1. The third-order valence-corrected chi connectivity index (χ3v) is 5.65. The van der Waals surface area contributed by atoms with Crippen LogP contribution in [-0.2, 0) is 21.2 Å². The number of rotatable bonds is 7. The van der Waals surface area contributed by atoms with Gasteiger partial charge in [-0.15, -0.1) is 11.3 Å². The minimum atomic E-state index is -3.69. The van der Waals surface area contributed by atoms with E-state index in [4.69, 9.17) is 10.2 Å². The maximum atomic E-state index is 12.1. The van der Waals surface area contributed by atoms with Crippen LogP contribution in [0.1, 0.15) is 25.1 Å². The summed E-state index contributed by atoms with van der Waals surface area (Å²) in [5.74, 6) is -1.00. The molecule has 0 aliphatic rings. The lowest BCUT2D eigenvalue weighted by Gasteiger charge is -2.24. The molecule has 0 unspecified atom stereocenters. The van der Waals surface area contributed by atoms with Gasteiger partial charge in [0.25, 0.3) is 10.0 Å². The molecule has 1 rings (SSSR count). The first-order valence-electron chi connectivity index (χ1n) is 5.62. The molecular weight excluding hydrogens is 290 g/mol. The standard InChI is InChI=1S/C11H17NO5S2/c1-11(2,5-6-13)12-19(16,17)10-4-3-8(18-10)7-9(14)15/h3-4,12-13H,5-7H2,1-2H3,(H,14,15). The van der Waals surface area contributed by atoms with E-state index in [9.17, 15) is 13.2 Å². The lowest BCUT2D eigenvalue weighted by atomic mass is 10.0. The zero-order valence-electron chi connectivity index (χ0n) is 10.7. The first-order valence-corrected chi connectivity index (χ1v) is 7.91. The lowest BCUT2D eigenvalue weighted by molar-refractivity contribution is -0.136. The normalized spacial score (nSPS) is 12.6. The fourth-order valence-electron chi connectivity index (χ4n) is 1.49. The van der Waals surface area contributed by atoms with Crippen molar-refractivity contribution in [3.05, 3.63) is 17.0 Å². The number of carbonyl (C=O) groups is 1. The van der Waals surface area contributed by atoms with Gasteiger partial charge < -0.3 is 10.2 Å². The molecule has 0 saturated heterocycles. The Hall–Kier alpha value is -0.960. The maximum Gasteiger partial charge on any atom is 0.308 e. The molecule has 0 saturated carbocycles. The number of nitrogens with one attached hydrogen (secondary N) is 1. The van der Waals surface area contributed by atoms with E-state index in [-0.39, 0.29) is 17.2 Å². The number of sulfonamides is 1. The summed E-state index contributed by atoms with van der Waals surface area (Å²) in [5.41, 5.74) is -0.759. The number of aliphatic hydroxyl groups is 1. The highest BCUT2D eigenvalue weighted by atomic mass is 32.2. The molecule has 8 heteroatoms. The molecule has 0 fully saturated rings. The maximum absolute atomic E-state index is 12.1. The highest BCUT2D eigenvalue weighted by Gasteiger charge is 2.27. The number of aliphatic hydroxyl groups excluding tert-OH is 1. The Morgan fingerprint density at radius 2 is 2.05 bits per heavy atom. The molecule has 6 nitrogen and oxygen atoms in total. The van der Waals surface area contributed by atoms with Gasteiger partial charge in [0.1, 0.15) is 4.21 Å². The van der Waals surface area contributed by atoms with Gasteiger partial charge in [-0.1, -0.05) is 0 Å². The Balaban J connectivity index is 2.89. The van der Waals surface area contributed by atoms with Crippen LogP contribution < -0.4 is 4.72 Å². The topological polar surface area (TPSA) is 104 Å². The molecular formula is C11H17NO5S2. The molecule has 0 bridgehead atoms. The lowest BCUT2D eigenvalue weighted by Crippen LogP contribution is -2.43. The number of thiophene rings is 1. The highest BCUT2D eigenvalue weighted by Crippen LogP contribution is 2.24. The Bertz CT molecular complexity index is 547. The van der Waals surface area contributed by atoms with Crippen molar-refractivity contribution in [1.29, 1.82) is 0 Å². The van der Waals surface area contributed by atoms with Gasteiger partial charge in [-0.2, -0.15) is 0 Å². The number of hydrogen-bond donors (Lipinski definition) is 3. The molecule has 0 radical (unpaired) electrons. The van der Waals surface area contributed by atoms with E-state index < -0.39 is 21.5 Å². The van der Waals surface area contributed by atoms with Crippen LogP contribution in [0.2, 0.25) is 0 Å². The van der Waals surface area contributed by atoms with E-state index >= 15 is 0 Å². The van der Waals surface area contributed by atoms with Gasteiger partial charge in [0.05, 0.1) is 6.42 Å². The van der Waals surface area contributed by atoms with E-state index in [1.807, 2.05) is 0 Å². The molecule has 0 amide bonds. The second kappa shape index (κ2) is 6.00. The van der Waals surface area contributed by atoms with E-state index in [0.29, 0.717) is 11.3 Å². The molecule has 3 N–H and O–H groups in total. The third-order valence-electron chi connectivity index (χ3n) is 2.37. The van der Waals surface area contributed by atoms with E-state index in [2.05, 4.69) is 4.72 Å². The van der Waals surface area contributed by atoms with Gasteiger partial charge in [0.15, 0.2) is 0 Å². The fraction of sp³-hybridized carbons (Fsp3) is 0.545. The van der Waals surface area contributed by atoms with Crippen LogP contribution in [0, 0.1) is 0 Å². The van der Waals surface area contributed by atoms with Gasteiger partial charge in [-0.3, -0.25) is 4.79 Å². The fourth-order valence-corrected chi connectivity index (χ4v) is 4.28. The molecule has 1 aromatic rings. The Morgan fingerprint density at radius 1 is 1.42 bits per heavy atom. The quantitative estimate of drug-likeness (QED) is 0.692. The van der Waals surface area contributed by atoms with Crippen molar-refractivity contribution in [2.45, 2.75) is 36.4 Å². The van der Waals surface area contributed by atoms with E-state index in [0.717, 1.165) is 11.3 Å². The zero-order valence-corrected chi connectivity index (χ0v) is 12.3. The molecule has 0 spiro atoms. The summed E-state index contributed by atoms with van der Waals surface area (Å²) in [4.78, 5) is 11.0. The van der Waals surface area contributed by atoms with Crippen molar-refractivity contribution in [2.24, 2.45) is 0 Å². The number of carboxylic acids is 1. The molecule has 19 heavy (non-hydrogen) atoms. The average molecular weight is 307 g/mol. The summed E-state index contributed by atoms with van der Waals surface area (Å²) in [5, 5.41) is 17.5. The minimum absolute atomic E-state index is 0.0785. The van der Waals surface area contributed by atoms with Crippen LogP contribution >= 0.6 is 11.3 Å². The van der Waals surface area contributed by atoms with Crippen LogP contribution in [0.15, 0.2) is 16.3 Å². The van der Waals surface area contributed by atoms with Gasteiger partial charge in [-0.05, 0) is 32.4 Å². The van der Waals surface area contributed by atoms with Crippen LogP contribution in [0.3, 0.4) is 0 Å². The Morgan fingerprint density at radius 3 is 2.58 bits per heavy atom. The first-order chi connectivity index (χ1) is 8.66. The number of carboxylic acid groups (broad SMARTS) is 1. The molecule has 0 aromatic carbocycles. The van der Waals surface area contributed by atoms with Crippen LogP contribution in [0.5, 0.6) is 0 Å². The van der Waals surface area contributed by atoms with Gasteiger partial charge in [-0.25, -0.2) is 13.1 Å². The van der Waals surface area contributed by atoms with Crippen LogP contribution in [-0.4, -0.2) is 36.7 Å². The Kier molecular flexibility index (Phi) is 5.08. The SMILES string of the molecule is CC(C)(CCO)NS(=O)(=O)c1ccc(CC(=O)O)s1. The molecule has 1 aromatic heterocycles. The van der Waals surface area contributed by atoms with Gasteiger partial charge in [0, 0.05) is 17.0 Å². The average Bonchev–Trinajstić information content (AvgIpc) is 2.63. The molecule has 0 atom stereocenters. The zero-order chi connectivity index (χ0) is 14.7. The summed E-state index contributed by atoms with van der Waals surface area (Å²) >= 11 is 0.933. The van der Waals surface area contributed by atoms with Crippen LogP contribution in [0.4, 0.5) is 0 Å².